The quantitative estimate of drug-likeness (QED) is 0.621. The first-order valence-corrected chi connectivity index (χ1v) is 6.52. The summed E-state index contributed by atoms with van der Waals surface area (Å²) in [7, 11) is 1.05. The molecule has 0 saturated carbocycles. The molecule has 0 radical (unpaired) electrons. The van der Waals surface area contributed by atoms with Gasteiger partial charge >= 0.3 is 18.1 Å². The van der Waals surface area contributed by atoms with Crippen molar-refractivity contribution in [1.29, 1.82) is 0 Å². The van der Waals surface area contributed by atoms with Crippen LogP contribution in [0.5, 0.6) is 0 Å². The molecule has 1 aromatic carbocycles. The molecule has 1 amide bonds. The van der Waals surface area contributed by atoms with E-state index in [1.165, 1.54) is 0 Å². The molecule has 8 heteroatoms. The second-order valence-electron chi connectivity index (χ2n) is 3.84. The number of alkyl halides is 3. The fourth-order valence-corrected chi connectivity index (χ4v) is 2.07. The van der Waals surface area contributed by atoms with E-state index in [0.717, 1.165) is 10.7 Å². The number of hydrogen-bond acceptors (Lipinski definition) is 3. The smallest absolute Gasteiger partial charge is 0.467 e. The topological polar surface area (TPSA) is 55.4 Å². The van der Waals surface area contributed by atoms with Gasteiger partial charge in [0.2, 0.25) is 0 Å². The molecular formula is C12H11F3INO3. The summed E-state index contributed by atoms with van der Waals surface area (Å²) < 4.78 is 41.9. The number of halogens is 4. The number of nitrogens with one attached hydrogen (secondary N) is 1. The Hall–Kier alpha value is -1.32. The number of amides is 1. The Morgan fingerprint density at radius 3 is 2.45 bits per heavy atom. The van der Waals surface area contributed by atoms with Crippen molar-refractivity contribution in [2.75, 3.05) is 7.11 Å². The van der Waals surface area contributed by atoms with Gasteiger partial charge in [-0.2, -0.15) is 13.2 Å². The molecule has 1 rings (SSSR count). The average molecular weight is 401 g/mol. The summed E-state index contributed by atoms with van der Waals surface area (Å²) in [5.74, 6) is -3.10. The van der Waals surface area contributed by atoms with E-state index in [1.54, 1.807) is 29.6 Å². The molecule has 0 bridgehead atoms. The lowest BCUT2D eigenvalue weighted by molar-refractivity contribution is -0.175. The summed E-state index contributed by atoms with van der Waals surface area (Å²) in [5, 5.41) is 1.64. The molecule has 20 heavy (non-hydrogen) atoms. The van der Waals surface area contributed by atoms with Crippen LogP contribution in [0, 0.1) is 3.57 Å². The van der Waals surface area contributed by atoms with Crippen molar-refractivity contribution >= 4 is 34.5 Å². The van der Waals surface area contributed by atoms with Crippen molar-refractivity contribution < 1.29 is 27.5 Å². The summed E-state index contributed by atoms with van der Waals surface area (Å²) in [6.07, 6.45) is -5.12. The van der Waals surface area contributed by atoms with E-state index in [9.17, 15) is 22.8 Å². The van der Waals surface area contributed by atoms with Crippen molar-refractivity contribution in [3.05, 3.63) is 33.4 Å². The van der Waals surface area contributed by atoms with E-state index in [-0.39, 0.29) is 6.42 Å². The van der Waals surface area contributed by atoms with Gasteiger partial charge in [0.05, 0.1) is 7.11 Å². The highest BCUT2D eigenvalue weighted by Crippen LogP contribution is 2.17. The summed E-state index contributed by atoms with van der Waals surface area (Å²) in [6.45, 7) is 0. The van der Waals surface area contributed by atoms with Crippen LogP contribution in [0.3, 0.4) is 0 Å². The Morgan fingerprint density at radius 2 is 1.95 bits per heavy atom. The summed E-state index contributed by atoms with van der Waals surface area (Å²) in [4.78, 5) is 22.4. The Morgan fingerprint density at radius 1 is 1.35 bits per heavy atom. The largest absolute Gasteiger partial charge is 0.471 e. The molecule has 110 valence electrons. The predicted octanol–water partition coefficient (Wildman–Crippen LogP) is 2.05. The maximum Gasteiger partial charge on any atom is 0.471 e. The van der Waals surface area contributed by atoms with Gasteiger partial charge in [0.1, 0.15) is 6.04 Å². The molecule has 0 unspecified atom stereocenters. The van der Waals surface area contributed by atoms with E-state index >= 15 is 0 Å². The van der Waals surface area contributed by atoms with Gasteiger partial charge in [-0.25, -0.2) is 4.79 Å². The third kappa shape index (κ3) is 4.66. The molecule has 0 spiro atoms. The maximum atomic E-state index is 12.2. The fourth-order valence-electron chi connectivity index (χ4n) is 1.46. The zero-order chi connectivity index (χ0) is 15.3. The van der Waals surface area contributed by atoms with Crippen LogP contribution in [0.4, 0.5) is 13.2 Å². The molecule has 4 nitrogen and oxygen atoms in total. The standard InChI is InChI=1S/C12H11F3INO3/c1-20-10(18)9(17-11(19)12(13,14)15)6-7-4-2-3-5-8(7)16/h2-5,9H,6H2,1H3,(H,17,19)/t9-/m0/s1. The monoisotopic (exact) mass is 401 g/mol. The van der Waals surface area contributed by atoms with E-state index in [2.05, 4.69) is 4.74 Å². The molecular weight excluding hydrogens is 390 g/mol. The highest BCUT2D eigenvalue weighted by Gasteiger charge is 2.41. The predicted molar refractivity (Wildman–Crippen MR) is 72.9 cm³/mol. The Balaban J connectivity index is 2.89. The maximum absolute atomic E-state index is 12.2. The summed E-state index contributed by atoms with van der Waals surface area (Å²) in [5.41, 5.74) is 0.644. The SMILES string of the molecule is COC(=O)[C@H](Cc1ccccc1I)NC(=O)C(F)(F)F. The molecule has 1 atom stereocenters. The number of carbonyl (C=O) groups is 2. The first kappa shape index (κ1) is 16.7. The lowest BCUT2D eigenvalue weighted by Gasteiger charge is -2.18. The van der Waals surface area contributed by atoms with Gasteiger partial charge in [0, 0.05) is 9.99 Å². The van der Waals surface area contributed by atoms with Crippen molar-refractivity contribution in [3.8, 4) is 0 Å². The van der Waals surface area contributed by atoms with E-state index in [0.29, 0.717) is 5.56 Å². The van der Waals surface area contributed by atoms with E-state index in [4.69, 9.17) is 0 Å². The first-order valence-electron chi connectivity index (χ1n) is 5.44. The first-order chi connectivity index (χ1) is 9.25. The molecule has 0 aliphatic rings. The van der Waals surface area contributed by atoms with Crippen LogP contribution >= 0.6 is 22.6 Å². The van der Waals surface area contributed by atoms with Crippen LogP contribution in [0.15, 0.2) is 24.3 Å². The molecule has 0 aromatic heterocycles. The molecule has 0 aliphatic carbocycles. The van der Waals surface area contributed by atoms with Gasteiger partial charge in [-0.1, -0.05) is 18.2 Å². The van der Waals surface area contributed by atoms with Crippen LogP contribution in [0.25, 0.3) is 0 Å². The second-order valence-corrected chi connectivity index (χ2v) is 5.00. The summed E-state index contributed by atoms with van der Waals surface area (Å²) in [6, 6.07) is 5.47. The molecule has 0 saturated heterocycles. The van der Waals surface area contributed by atoms with Crippen molar-refractivity contribution in [3.63, 3.8) is 0 Å². The molecule has 1 aromatic rings. The second kappa shape index (κ2) is 6.91. The minimum Gasteiger partial charge on any atom is -0.467 e. The average Bonchev–Trinajstić information content (AvgIpc) is 2.38. The van der Waals surface area contributed by atoms with Gasteiger partial charge in [0.15, 0.2) is 0 Å². The lowest BCUT2D eigenvalue weighted by Crippen LogP contribution is -2.48. The van der Waals surface area contributed by atoms with E-state index in [1.807, 2.05) is 22.6 Å². The van der Waals surface area contributed by atoms with Gasteiger partial charge in [-0.05, 0) is 34.2 Å². The number of hydrogen-bond donors (Lipinski definition) is 1. The van der Waals surface area contributed by atoms with Crippen LogP contribution in [0.2, 0.25) is 0 Å². The number of benzene rings is 1. The van der Waals surface area contributed by atoms with Crippen molar-refractivity contribution in [2.24, 2.45) is 0 Å². The zero-order valence-corrected chi connectivity index (χ0v) is 12.5. The number of ether oxygens (including phenoxy) is 1. The Kier molecular flexibility index (Phi) is 5.78. The third-order valence-corrected chi connectivity index (χ3v) is 3.48. The number of methoxy groups -OCH3 is 1. The van der Waals surface area contributed by atoms with Gasteiger partial charge in [0.25, 0.3) is 0 Å². The lowest BCUT2D eigenvalue weighted by atomic mass is 10.1. The number of rotatable bonds is 4. The van der Waals surface area contributed by atoms with Crippen LogP contribution in [-0.2, 0) is 20.7 Å². The van der Waals surface area contributed by atoms with Crippen LogP contribution < -0.4 is 5.32 Å². The minimum atomic E-state index is -5.05. The molecule has 0 fully saturated rings. The highest BCUT2D eigenvalue weighted by atomic mass is 127. The van der Waals surface area contributed by atoms with Crippen LogP contribution in [0.1, 0.15) is 5.56 Å². The van der Waals surface area contributed by atoms with Gasteiger partial charge < -0.3 is 10.1 Å². The summed E-state index contributed by atoms with van der Waals surface area (Å²) >= 11 is 1.99. The fraction of sp³-hybridized carbons (Fsp3) is 0.333. The normalized spacial score (nSPS) is 12.7. The van der Waals surface area contributed by atoms with Crippen molar-refractivity contribution in [2.45, 2.75) is 18.6 Å². The number of esters is 1. The molecule has 0 heterocycles. The van der Waals surface area contributed by atoms with Crippen LogP contribution in [-0.4, -0.2) is 31.2 Å². The number of carbonyl (C=O) groups excluding carboxylic acids is 2. The van der Waals surface area contributed by atoms with Gasteiger partial charge in [-0.15, -0.1) is 0 Å². The Bertz CT molecular complexity index is 505. The Labute approximate surface area is 126 Å². The highest BCUT2D eigenvalue weighted by molar-refractivity contribution is 14.1. The zero-order valence-electron chi connectivity index (χ0n) is 10.3. The third-order valence-electron chi connectivity index (χ3n) is 2.43. The molecule has 1 N–H and O–H groups in total. The van der Waals surface area contributed by atoms with Gasteiger partial charge in [-0.3, -0.25) is 4.79 Å². The molecule has 0 aliphatic heterocycles. The van der Waals surface area contributed by atoms with E-state index < -0.39 is 24.1 Å². The van der Waals surface area contributed by atoms with Crippen molar-refractivity contribution in [1.82, 2.24) is 5.32 Å². The minimum absolute atomic E-state index is 0.0758.